The lowest BCUT2D eigenvalue weighted by molar-refractivity contribution is -0.122. The Kier molecular flexibility index (Phi) is 7.75. The van der Waals surface area contributed by atoms with Crippen molar-refractivity contribution in [3.63, 3.8) is 0 Å². The van der Waals surface area contributed by atoms with Gasteiger partial charge in [-0.1, -0.05) is 25.1 Å². The van der Waals surface area contributed by atoms with E-state index >= 15 is 0 Å². The monoisotopic (exact) mass is 485 g/mol. The molecule has 3 aromatic rings. The Hall–Kier alpha value is -4.46. The van der Waals surface area contributed by atoms with Crippen LogP contribution in [0.1, 0.15) is 40.5 Å². The maximum absolute atomic E-state index is 12.7. The second-order valence-corrected chi connectivity index (χ2v) is 8.47. The van der Waals surface area contributed by atoms with Gasteiger partial charge in [0.2, 0.25) is 11.8 Å². The highest BCUT2D eigenvalue weighted by molar-refractivity contribution is 6.06. The van der Waals surface area contributed by atoms with Crippen LogP contribution in [0.15, 0.2) is 78.9 Å². The largest absolute Gasteiger partial charge is 0.462 e. The first-order valence-electron chi connectivity index (χ1n) is 11.8. The first kappa shape index (κ1) is 24.7. The third-order valence-corrected chi connectivity index (χ3v) is 5.79. The molecule has 8 heteroatoms. The predicted molar refractivity (Wildman–Crippen MR) is 137 cm³/mol. The lowest BCUT2D eigenvalue weighted by Crippen LogP contribution is -2.28. The quantitative estimate of drug-likeness (QED) is 0.457. The van der Waals surface area contributed by atoms with Crippen molar-refractivity contribution < 1.29 is 23.9 Å². The average Bonchev–Trinajstić information content (AvgIpc) is 3.30. The number of anilines is 3. The van der Waals surface area contributed by atoms with Crippen LogP contribution in [0.25, 0.3) is 0 Å². The number of esters is 1. The van der Waals surface area contributed by atoms with Gasteiger partial charge in [-0.2, -0.15) is 0 Å². The molecule has 8 nitrogen and oxygen atoms in total. The highest BCUT2D eigenvalue weighted by Crippen LogP contribution is 2.26. The van der Waals surface area contributed by atoms with Crippen LogP contribution in [0.5, 0.6) is 0 Å². The maximum atomic E-state index is 12.7. The van der Waals surface area contributed by atoms with Crippen molar-refractivity contribution in [1.29, 1.82) is 0 Å². The fourth-order valence-corrected chi connectivity index (χ4v) is 3.86. The SMILES string of the molecule is CCCOC(=O)c1ccc(NC(=O)c2ccc(NC(=O)C3CC(=O)N(c4ccccc4)C3)cc2)cc1. The highest BCUT2D eigenvalue weighted by Gasteiger charge is 2.35. The van der Waals surface area contributed by atoms with Crippen LogP contribution in [0.2, 0.25) is 0 Å². The second-order valence-electron chi connectivity index (χ2n) is 8.47. The van der Waals surface area contributed by atoms with E-state index < -0.39 is 11.9 Å². The molecule has 0 saturated carbocycles. The summed E-state index contributed by atoms with van der Waals surface area (Å²) >= 11 is 0. The topological polar surface area (TPSA) is 105 Å². The average molecular weight is 486 g/mol. The molecular formula is C28H27N3O5. The van der Waals surface area contributed by atoms with Gasteiger partial charge in [0.15, 0.2) is 0 Å². The zero-order valence-corrected chi connectivity index (χ0v) is 19.9. The number of carbonyl (C=O) groups excluding carboxylic acids is 4. The number of nitrogens with one attached hydrogen (secondary N) is 2. The minimum absolute atomic E-state index is 0.0840. The van der Waals surface area contributed by atoms with Crippen LogP contribution in [0, 0.1) is 5.92 Å². The molecule has 184 valence electrons. The van der Waals surface area contributed by atoms with E-state index in [1.54, 1.807) is 53.4 Å². The van der Waals surface area contributed by atoms with Gasteiger partial charge >= 0.3 is 5.97 Å². The summed E-state index contributed by atoms with van der Waals surface area (Å²) in [5, 5.41) is 5.61. The normalized spacial score (nSPS) is 14.9. The van der Waals surface area contributed by atoms with Gasteiger partial charge in [-0.05, 0) is 67.1 Å². The second kappa shape index (κ2) is 11.3. The molecule has 0 aliphatic carbocycles. The van der Waals surface area contributed by atoms with E-state index in [0.717, 1.165) is 12.1 Å². The van der Waals surface area contributed by atoms with E-state index in [4.69, 9.17) is 4.74 Å². The van der Waals surface area contributed by atoms with Crippen LogP contribution < -0.4 is 15.5 Å². The van der Waals surface area contributed by atoms with Crippen LogP contribution in [-0.4, -0.2) is 36.8 Å². The molecule has 1 saturated heterocycles. The molecular weight excluding hydrogens is 458 g/mol. The molecule has 0 radical (unpaired) electrons. The molecule has 4 rings (SSSR count). The van der Waals surface area contributed by atoms with Crippen molar-refractivity contribution in [1.82, 2.24) is 0 Å². The van der Waals surface area contributed by atoms with Crippen LogP contribution >= 0.6 is 0 Å². The molecule has 1 heterocycles. The minimum Gasteiger partial charge on any atom is -0.462 e. The van der Waals surface area contributed by atoms with Gasteiger partial charge < -0.3 is 20.3 Å². The number of carbonyl (C=O) groups is 4. The zero-order valence-electron chi connectivity index (χ0n) is 19.9. The summed E-state index contributed by atoms with van der Waals surface area (Å²) in [4.78, 5) is 51.2. The molecule has 0 aromatic heterocycles. The molecule has 36 heavy (non-hydrogen) atoms. The summed E-state index contributed by atoms with van der Waals surface area (Å²) < 4.78 is 5.09. The Balaban J connectivity index is 1.31. The number of rotatable bonds is 8. The van der Waals surface area contributed by atoms with Crippen molar-refractivity contribution in [3.8, 4) is 0 Å². The number of para-hydroxylation sites is 1. The lowest BCUT2D eigenvalue weighted by Gasteiger charge is -2.16. The molecule has 1 atom stereocenters. The Bertz CT molecular complexity index is 1240. The summed E-state index contributed by atoms with van der Waals surface area (Å²) in [5.41, 5.74) is 2.68. The van der Waals surface area contributed by atoms with E-state index in [2.05, 4.69) is 10.6 Å². The van der Waals surface area contributed by atoms with E-state index in [9.17, 15) is 19.2 Å². The van der Waals surface area contributed by atoms with Gasteiger partial charge in [-0.3, -0.25) is 14.4 Å². The van der Waals surface area contributed by atoms with Crippen LogP contribution in [0.3, 0.4) is 0 Å². The summed E-state index contributed by atoms with van der Waals surface area (Å²) in [6.45, 7) is 2.60. The Morgan fingerprint density at radius 2 is 1.47 bits per heavy atom. The number of hydrogen-bond donors (Lipinski definition) is 2. The number of nitrogens with zero attached hydrogens (tertiary/aromatic N) is 1. The summed E-state index contributed by atoms with van der Waals surface area (Å²) in [6.07, 6.45) is 0.895. The fraction of sp³-hybridized carbons (Fsp3) is 0.214. The van der Waals surface area contributed by atoms with Crippen molar-refractivity contribution in [3.05, 3.63) is 90.0 Å². The summed E-state index contributed by atoms with van der Waals surface area (Å²) in [5.74, 6) is -1.50. The fourth-order valence-electron chi connectivity index (χ4n) is 3.86. The van der Waals surface area contributed by atoms with E-state index in [1.807, 2.05) is 37.3 Å². The van der Waals surface area contributed by atoms with Gasteiger partial charge in [0.1, 0.15) is 0 Å². The minimum atomic E-state index is -0.456. The molecule has 2 N–H and O–H groups in total. The highest BCUT2D eigenvalue weighted by atomic mass is 16.5. The van der Waals surface area contributed by atoms with E-state index in [0.29, 0.717) is 35.7 Å². The van der Waals surface area contributed by atoms with Gasteiger partial charge in [0.05, 0.1) is 18.1 Å². The van der Waals surface area contributed by atoms with Gasteiger partial charge in [0, 0.05) is 35.6 Å². The number of amides is 3. The summed E-state index contributed by atoms with van der Waals surface area (Å²) in [6, 6.07) is 22.2. The van der Waals surface area contributed by atoms with Crippen LogP contribution in [0.4, 0.5) is 17.1 Å². The van der Waals surface area contributed by atoms with Gasteiger partial charge in [-0.15, -0.1) is 0 Å². The first-order chi connectivity index (χ1) is 17.4. The zero-order chi connectivity index (χ0) is 25.5. The first-order valence-corrected chi connectivity index (χ1v) is 11.8. The molecule has 1 aliphatic heterocycles. The molecule has 0 spiro atoms. The van der Waals surface area contributed by atoms with Crippen molar-refractivity contribution >= 4 is 40.8 Å². The smallest absolute Gasteiger partial charge is 0.338 e. The number of ether oxygens (including phenoxy) is 1. The van der Waals surface area contributed by atoms with Crippen molar-refractivity contribution in [2.75, 3.05) is 28.7 Å². The van der Waals surface area contributed by atoms with Gasteiger partial charge in [0.25, 0.3) is 5.91 Å². The third kappa shape index (κ3) is 5.96. The summed E-state index contributed by atoms with van der Waals surface area (Å²) in [7, 11) is 0. The number of benzene rings is 3. The molecule has 1 aliphatic rings. The Labute approximate surface area is 209 Å². The molecule has 1 unspecified atom stereocenters. The van der Waals surface area contributed by atoms with Crippen molar-refractivity contribution in [2.45, 2.75) is 19.8 Å². The van der Waals surface area contributed by atoms with Gasteiger partial charge in [-0.25, -0.2) is 4.79 Å². The van der Waals surface area contributed by atoms with Crippen molar-refractivity contribution in [2.24, 2.45) is 5.92 Å². The standard InChI is InChI=1S/C28H27N3O5/c1-2-16-36-28(35)20-10-14-23(15-11-20)29-26(33)19-8-12-22(13-9-19)30-27(34)21-17-25(32)31(18-21)24-6-4-3-5-7-24/h3-15,21H,2,16-18H2,1H3,(H,29,33)(H,30,34). The molecule has 1 fully saturated rings. The third-order valence-electron chi connectivity index (χ3n) is 5.79. The molecule has 0 bridgehead atoms. The maximum Gasteiger partial charge on any atom is 0.338 e. The molecule has 3 aromatic carbocycles. The van der Waals surface area contributed by atoms with E-state index in [-0.39, 0.29) is 24.1 Å². The van der Waals surface area contributed by atoms with E-state index in [1.165, 1.54) is 0 Å². The Morgan fingerprint density at radius 3 is 2.11 bits per heavy atom. The molecule has 3 amide bonds. The predicted octanol–water partition coefficient (Wildman–Crippen LogP) is 4.50. The lowest BCUT2D eigenvalue weighted by atomic mass is 10.1. The Morgan fingerprint density at radius 1 is 0.861 bits per heavy atom. The number of hydrogen-bond acceptors (Lipinski definition) is 5. The van der Waals surface area contributed by atoms with Crippen LogP contribution in [-0.2, 0) is 14.3 Å².